The summed E-state index contributed by atoms with van der Waals surface area (Å²) in [5.74, 6) is 0.174. The topological polar surface area (TPSA) is 84.0 Å². The van der Waals surface area contributed by atoms with Crippen LogP contribution in [0.15, 0.2) is 65.6 Å². The van der Waals surface area contributed by atoms with Crippen molar-refractivity contribution in [3.63, 3.8) is 0 Å². The second-order valence-corrected chi connectivity index (χ2v) is 7.04. The average Bonchev–Trinajstić information content (AvgIpc) is 2.59. The first-order chi connectivity index (χ1) is 11.9. The first-order valence-electron chi connectivity index (χ1n) is 7.38. The lowest BCUT2D eigenvalue weighted by Gasteiger charge is -2.08. The third-order valence-corrected chi connectivity index (χ3v) is 4.72. The second kappa shape index (κ2) is 6.86. The molecule has 0 aliphatic rings. The Morgan fingerprint density at radius 2 is 1.44 bits per heavy atom. The van der Waals surface area contributed by atoms with Crippen molar-refractivity contribution in [2.45, 2.75) is 11.8 Å². The van der Waals surface area contributed by atoms with E-state index in [0.29, 0.717) is 11.5 Å². The highest BCUT2D eigenvalue weighted by atomic mass is 32.2. The van der Waals surface area contributed by atoms with Crippen LogP contribution in [-0.2, 0) is 10.0 Å². The maximum absolute atomic E-state index is 12.9. The second-order valence-electron chi connectivity index (χ2n) is 5.35. The van der Waals surface area contributed by atoms with Gasteiger partial charge in [0.2, 0.25) is 0 Å². The van der Waals surface area contributed by atoms with Gasteiger partial charge in [0.25, 0.3) is 10.0 Å². The highest BCUT2D eigenvalue weighted by Gasteiger charge is 2.14. The van der Waals surface area contributed by atoms with Crippen molar-refractivity contribution in [3.05, 3.63) is 72.0 Å². The molecular formula is C17H15FN4O2S. The van der Waals surface area contributed by atoms with Crippen molar-refractivity contribution in [2.24, 2.45) is 0 Å². The van der Waals surface area contributed by atoms with Crippen molar-refractivity contribution < 1.29 is 12.8 Å². The molecule has 128 valence electrons. The zero-order chi connectivity index (χ0) is 17.9. The standard InChI is InChI=1S/C17H15FN4O2S/c1-12-2-8-15(9-3-12)25(23,24)22-17-11-10-16(20-21-17)19-14-6-4-13(18)5-7-14/h2-11H,1H3,(H,19,20)(H,21,22). The van der Waals surface area contributed by atoms with E-state index in [1.54, 1.807) is 30.3 Å². The number of halogens is 1. The van der Waals surface area contributed by atoms with Crippen LogP contribution in [0.2, 0.25) is 0 Å². The minimum Gasteiger partial charge on any atom is -0.339 e. The van der Waals surface area contributed by atoms with E-state index in [-0.39, 0.29) is 16.5 Å². The monoisotopic (exact) mass is 358 g/mol. The van der Waals surface area contributed by atoms with Crippen LogP contribution in [0.25, 0.3) is 0 Å². The van der Waals surface area contributed by atoms with E-state index in [9.17, 15) is 12.8 Å². The lowest BCUT2D eigenvalue weighted by atomic mass is 10.2. The van der Waals surface area contributed by atoms with E-state index in [4.69, 9.17) is 0 Å². The van der Waals surface area contributed by atoms with Crippen LogP contribution in [0.4, 0.5) is 21.7 Å². The molecule has 0 aliphatic heterocycles. The molecule has 1 heterocycles. The molecule has 2 N–H and O–H groups in total. The maximum Gasteiger partial charge on any atom is 0.263 e. The van der Waals surface area contributed by atoms with E-state index >= 15 is 0 Å². The summed E-state index contributed by atoms with van der Waals surface area (Å²) < 4.78 is 39.8. The minimum absolute atomic E-state index is 0.102. The van der Waals surface area contributed by atoms with Crippen LogP contribution in [0.5, 0.6) is 0 Å². The lowest BCUT2D eigenvalue weighted by Crippen LogP contribution is -2.14. The number of nitrogens with one attached hydrogen (secondary N) is 2. The smallest absolute Gasteiger partial charge is 0.263 e. The van der Waals surface area contributed by atoms with Crippen LogP contribution < -0.4 is 10.0 Å². The molecule has 0 spiro atoms. The van der Waals surface area contributed by atoms with Gasteiger partial charge in [-0.2, -0.15) is 0 Å². The first-order valence-corrected chi connectivity index (χ1v) is 8.86. The van der Waals surface area contributed by atoms with Gasteiger partial charge in [0.15, 0.2) is 11.6 Å². The van der Waals surface area contributed by atoms with E-state index in [0.717, 1.165) is 5.56 Å². The highest BCUT2D eigenvalue weighted by Crippen LogP contribution is 2.17. The Kier molecular flexibility index (Phi) is 4.62. The fourth-order valence-corrected chi connectivity index (χ4v) is 3.04. The number of hydrogen-bond acceptors (Lipinski definition) is 5. The van der Waals surface area contributed by atoms with Gasteiger partial charge in [0, 0.05) is 5.69 Å². The Balaban J connectivity index is 1.71. The molecule has 0 bridgehead atoms. The molecule has 8 heteroatoms. The third kappa shape index (κ3) is 4.30. The molecule has 0 fully saturated rings. The zero-order valence-electron chi connectivity index (χ0n) is 13.3. The average molecular weight is 358 g/mol. The molecule has 25 heavy (non-hydrogen) atoms. The van der Waals surface area contributed by atoms with Crippen molar-refractivity contribution >= 4 is 27.3 Å². The normalized spacial score (nSPS) is 11.1. The molecular weight excluding hydrogens is 343 g/mol. The molecule has 6 nitrogen and oxygen atoms in total. The Bertz CT molecular complexity index is 957. The Labute approximate surface area is 144 Å². The molecule has 0 aliphatic carbocycles. The molecule has 3 aromatic rings. The summed E-state index contributed by atoms with van der Waals surface area (Å²) >= 11 is 0. The van der Waals surface area contributed by atoms with Crippen LogP contribution >= 0.6 is 0 Å². The molecule has 1 aromatic heterocycles. The van der Waals surface area contributed by atoms with Crippen molar-refractivity contribution in [1.82, 2.24) is 10.2 Å². The summed E-state index contributed by atoms with van der Waals surface area (Å²) in [4.78, 5) is 0.147. The van der Waals surface area contributed by atoms with Gasteiger partial charge in [-0.1, -0.05) is 17.7 Å². The van der Waals surface area contributed by atoms with Crippen LogP contribution in [0.1, 0.15) is 5.56 Å². The summed E-state index contributed by atoms with van der Waals surface area (Å²) in [6.07, 6.45) is 0. The quantitative estimate of drug-likeness (QED) is 0.730. The lowest BCUT2D eigenvalue weighted by molar-refractivity contribution is 0.601. The van der Waals surface area contributed by atoms with Crippen molar-refractivity contribution in [1.29, 1.82) is 0 Å². The summed E-state index contributed by atoms with van der Waals surface area (Å²) in [6.45, 7) is 1.88. The molecule has 2 aromatic carbocycles. The Morgan fingerprint density at radius 1 is 0.840 bits per heavy atom. The van der Waals surface area contributed by atoms with E-state index in [2.05, 4.69) is 20.2 Å². The van der Waals surface area contributed by atoms with Gasteiger partial charge in [-0.25, -0.2) is 12.8 Å². The van der Waals surface area contributed by atoms with E-state index in [1.807, 2.05) is 6.92 Å². The predicted octanol–water partition coefficient (Wildman–Crippen LogP) is 3.47. The minimum atomic E-state index is -3.72. The van der Waals surface area contributed by atoms with Crippen molar-refractivity contribution in [2.75, 3.05) is 10.0 Å². The number of nitrogens with zero attached hydrogens (tertiary/aromatic N) is 2. The van der Waals surface area contributed by atoms with Gasteiger partial charge in [-0.3, -0.25) is 4.72 Å². The predicted molar refractivity (Wildman–Crippen MR) is 93.7 cm³/mol. The van der Waals surface area contributed by atoms with Crippen LogP contribution in [0.3, 0.4) is 0 Å². The van der Waals surface area contributed by atoms with Gasteiger partial charge < -0.3 is 5.32 Å². The maximum atomic E-state index is 12.9. The number of rotatable bonds is 5. The molecule has 0 atom stereocenters. The molecule has 0 unspecified atom stereocenters. The summed E-state index contributed by atoms with van der Waals surface area (Å²) in [6, 6.07) is 15.3. The number of benzene rings is 2. The molecule has 3 rings (SSSR count). The Morgan fingerprint density at radius 3 is 2.04 bits per heavy atom. The number of sulfonamides is 1. The molecule has 0 saturated heterocycles. The third-order valence-electron chi connectivity index (χ3n) is 3.35. The van der Waals surface area contributed by atoms with E-state index in [1.165, 1.54) is 30.3 Å². The number of aromatic nitrogens is 2. The Hall–Kier alpha value is -3.00. The number of anilines is 3. The summed E-state index contributed by atoms with van der Waals surface area (Å²) in [5.41, 5.74) is 1.61. The largest absolute Gasteiger partial charge is 0.339 e. The molecule has 0 amide bonds. The van der Waals surface area contributed by atoms with Gasteiger partial charge in [-0.05, 0) is 55.5 Å². The van der Waals surface area contributed by atoms with Crippen LogP contribution in [-0.4, -0.2) is 18.6 Å². The fourth-order valence-electron chi connectivity index (χ4n) is 2.05. The van der Waals surface area contributed by atoms with Gasteiger partial charge in [0.05, 0.1) is 4.90 Å². The van der Waals surface area contributed by atoms with Gasteiger partial charge >= 0.3 is 0 Å². The molecule has 0 radical (unpaired) electrons. The zero-order valence-corrected chi connectivity index (χ0v) is 14.1. The van der Waals surface area contributed by atoms with Crippen LogP contribution in [0, 0.1) is 12.7 Å². The SMILES string of the molecule is Cc1ccc(S(=O)(=O)Nc2ccc(Nc3ccc(F)cc3)nn2)cc1. The first kappa shape index (κ1) is 16.8. The summed E-state index contributed by atoms with van der Waals surface area (Å²) in [7, 11) is -3.72. The number of hydrogen-bond donors (Lipinski definition) is 2. The molecule has 0 saturated carbocycles. The van der Waals surface area contributed by atoms with E-state index < -0.39 is 10.0 Å². The van der Waals surface area contributed by atoms with Gasteiger partial charge in [-0.15, -0.1) is 10.2 Å². The number of aryl methyl sites for hydroxylation is 1. The van der Waals surface area contributed by atoms with Crippen molar-refractivity contribution in [3.8, 4) is 0 Å². The highest BCUT2D eigenvalue weighted by molar-refractivity contribution is 7.92. The summed E-state index contributed by atoms with van der Waals surface area (Å²) in [5, 5.41) is 10.7. The van der Waals surface area contributed by atoms with Gasteiger partial charge in [0.1, 0.15) is 5.82 Å². The fraction of sp³-hybridized carbons (Fsp3) is 0.0588.